The molecule has 0 bridgehead atoms. The Labute approximate surface area is 127 Å². The highest BCUT2D eigenvalue weighted by molar-refractivity contribution is 9.10. The maximum absolute atomic E-state index is 11.8. The quantitative estimate of drug-likeness (QED) is 0.842. The fraction of sp³-hybridized carbons (Fsp3) is 0.333. The van der Waals surface area contributed by atoms with Crippen molar-refractivity contribution in [3.63, 3.8) is 0 Å². The van der Waals surface area contributed by atoms with Crippen LogP contribution in [0.5, 0.6) is 0 Å². The van der Waals surface area contributed by atoms with Gasteiger partial charge in [0.25, 0.3) is 5.56 Å². The van der Waals surface area contributed by atoms with Crippen molar-refractivity contribution in [2.75, 3.05) is 18.5 Å². The first kappa shape index (κ1) is 14.8. The molecule has 0 amide bonds. The molecule has 2 rings (SSSR count). The Morgan fingerprint density at radius 2 is 2.00 bits per heavy atom. The Hall–Kier alpha value is -1.62. The Kier molecular flexibility index (Phi) is 4.95. The summed E-state index contributed by atoms with van der Waals surface area (Å²) < 4.78 is 1.89. The van der Waals surface area contributed by atoms with Crippen LogP contribution < -0.4 is 10.5 Å². The summed E-state index contributed by atoms with van der Waals surface area (Å²) in [5.41, 5.74) is 2.06. The average Bonchev–Trinajstić information content (AvgIpc) is 2.46. The molecule has 2 aromatic rings. The van der Waals surface area contributed by atoms with Crippen LogP contribution in [0.1, 0.15) is 12.0 Å². The fourth-order valence-electron chi connectivity index (χ4n) is 2.05. The number of anilines is 1. The van der Waals surface area contributed by atoms with Gasteiger partial charge in [0, 0.05) is 20.6 Å². The number of benzene rings is 1. The topological polar surface area (TPSA) is 38.1 Å². The number of hydrogen-bond acceptors (Lipinski definition) is 3. The summed E-state index contributed by atoms with van der Waals surface area (Å²) in [6.45, 7) is 0.877. The van der Waals surface area contributed by atoms with Crippen LogP contribution in [0.3, 0.4) is 0 Å². The van der Waals surface area contributed by atoms with Crippen molar-refractivity contribution < 1.29 is 0 Å². The van der Waals surface area contributed by atoms with Crippen molar-refractivity contribution in [2.24, 2.45) is 7.05 Å². The summed E-state index contributed by atoms with van der Waals surface area (Å²) in [5, 5.41) is 4.06. The summed E-state index contributed by atoms with van der Waals surface area (Å²) in [6, 6.07) is 10.4. The summed E-state index contributed by atoms with van der Waals surface area (Å²) in [4.78, 5) is 13.9. The lowest BCUT2D eigenvalue weighted by molar-refractivity contribution is 0.694. The van der Waals surface area contributed by atoms with Crippen LogP contribution in [-0.2, 0) is 13.5 Å². The Balaban J connectivity index is 1.97. The predicted molar refractivity (Wildman–Crippen MR) is 85.2 cm³/mol. The highest BCUT2D eigenvalue weighted by Crippen LogP contribution is 2.20. The molecule has 0 aliphatic rings. The minimum atomic E-state index is -0.114. The van der Waals surface area contributed by atoms with E-state index >= 15 is 0 Å². The van der Waals surface area contributed by atoms with Crippen LogP contribution in [-0.4, -0.2) is 23.4 Å². The average molecular weight is 336 g/mol. The number of aryl methyl sites for hydroxylation is 2. The van der Waals surface area contributed by atoms with Gasteiger partial charge in [0.05, 0.1) is 11.9 Å². The summed E-state index contributed by atoms with van der Waals surface area (Å²) >= 11 is 3.35. The molecule has 1 heterocycles. The molecule has 0 N–H and O–H groups in total. The van der Waals surface area contributed by atoms with Gasteiger partial charge >= 0.3 is 0 Å². The van der Waals surface area contributed by atoms with E-state index < -0.39 is 0 Å². The van der Waals surface area contributed by atoms with Crippen LogP contribution >= 0.6 is 15.9 Å². The molecule has 0 atom stereocenters. The van der Waals surface area contributed by atoms with Gasteiger partial charge in [-0.3, -0.25) is 4.79 Å². The van der Waals surface area contributed by atoms with E-state index in [1.807, 2.05) is 13.1 Å². The first-order valence-electron chi connectivity index (χ1n) is 6.56. The maximum Gasteiger partial charge on any atom is 0.282 e. The van der Waals surface area contributed by atoms with Gasteiger partial charge in [-0.1, -0.05) is 30.3 Å². The summed E-state index contributed by atoms with van der Waals surface area (Å²) in [6.07, 6.45) is 3.78. The van der Waals surface area contributed by atoms with Crippen molar-refractivity contribution in [1.82, 2.24) is 9.78 Å². The highest BCUT2D eigenvalue weighted by atomic mass is 79.9. The second-order valence-electron chi connectivity index (χ2n) is 4.78. The molecule has 106 valence electrons. The first-order chi connectivity index (χ1) is 9.59. The van der Waals surface area contributed by atoms with Crippen LogP contribution in [0.2, 0.25) is 0 Å². The molecule has 0 fully saturated rings. The van der Waals surface area contributed by atoms with Crippen molar-refractivity contribution in [2.45, 2.75) is 12.8 Å². The zero-order valence-electron chi connectivity index (χ0n) is 11.7. The highest BCUT2D eigenvalue weighted by Gasteiger charge is 2.10. The van der Waals surface area contributed by atoms with Crippen molar-refractivity contribution >= 4 is 21.6 Å². The molecular formula is C15H18BrN3O. The van der Waals surface area contributed by atoms with E-state index in [2.05, 4.69) is 50.2 Å². The minimum Gasteiger partial charge on any atom is -0.372 e. The lowest BCUT2D eigenvalue weighted by Gasteiger charge is -2.20. The van der Waals surface area contributed by atoms with E-state index in [9.17, 15) is 4.79 Å². The van der Waals surface area contributed by atoms with Crippen molar-refractivity contribution in [3.05, 3.63) is 56.9 Å². The van der Waals surface area contributed by atoms with Gasteiger partial charge in [0.2, 0.25) is 0 Å². The van der Waals surface area contributed by atoms with Crippen LogP contribution in [0, 0.1) is 0 Å². The third-order valence-corrected chi connectivity index (χ3v) is 4.02. The number of halogens is 1. The smallest absolute Gasteiger partial charge is 0.282 e. The van der Waals surface area contributed by atoms with E-state index in [0.717, 1.165) is 25.1 Å². The molecule has 0 aliphatic carbocycles. The van der Waals surface area contributed by atoms with Crippen LogP contribution in [0.4, 0.5) is 5.69 Å². The third kappa shape index (κ3) is 3.48. The van der Waals surface area contributed by atoms with E-state index in [4.69, 9.17) is 0 Å². The van der Waals surface area contributed by atoms with Crippen LogP contribution in [0.15, 0.2) is 45.8 Å². The van der Waals surface area contributed by atoms with E-state index in [1.165, 1.54) is 10.2 Å². The number of aromatic nitrogens is 2. The lowest BCUT2D eigenvalue weighted by Crippen LogP contribution is -2.26. The summed E-state index contributed by atoms with van der Waals surface area (Å²) in [5.74, 6) is 0. The Morgan fingerprint density at radius 3 is 2.70 bits per heavy atom. The van der Waals surface area contributed by atoms with Crippen LogP contribution in [0.25, 0.3) is 0 Å². The van der Waals surface area contributed by atoms with Gasteiger partial charge in [-0.15, -0.1) is 0 Å². The largest absolute Gasteiger partial charge is 0.372 e. The fourth-order valence-corrected chi connectivity index (χ4v) is 2.72. The van der Waals surface area contributed by atoms with Gasteiger partial charge < -0.3 is 4.90 Å². The summed E-state index contributed by atoms with van der Waals surface area (Å²) in [7, 11) is 3.62. The monoisotopic (exact) mass is 335 g/mol. The standard InChI is InChI=1S/C15H18BrN3O/c1-18(10-6-9-12-7-4-3-5-8-12)13-11-17-19(2)15(20)14(13)16/h3-5,7-8,11H,6,9-10H2,1-2H3. The van der Waals surface area contributed by atoms with E-state index in [-0.39, 0.29) is 5.56 Å². The van der Waals surface area contributed by atoms with Gasteiger partial charge in [-0.25, -0.2) is 4.68 Å². The van der Waals surface area contributed by atoms with Gasteiger partial charge in [0.15, 0.2) is 0 Å². The SMILES string of the molecule is CN(CCCc1ccccc1)c1cnn(C)c(=O)c1Br. The molecule has 4 nitrogen and oxygen atoms in total. The van der Waals surface area contributed by atoms with Crippen molar-refractivity contribution in [3.8, 4) is 0 Å². The molecule has 0 aliphatic heterocycles. The minimum absolute atomic E-state index is 0.114. The van der Waals surface area contributed by atoms with Gasteiger partial charge in [-0.05, 0) is 34.3 Å². The molecule has 0 saturated heterocycles. The number of rotatable bonds is 5. The van der Waals surface area contributed by atoms with Crippen molar-refractivity contribution in [1.29, 1.82) is 0 Å². The molecule has 1 aromatic carbocycles. The molecule has 5 heteroatoms. The Bertz CT molecular complexity index is 625. The predicted octanol–water partition coefficient (Wildman–Crippen LogP) is 2.61. The second kappa shape index (κ2) is 6.70. The molecule has 0 saturated carbocycles. The lowest BCUT2D eigenvalue weighted by atomic mass is 10.1. The Morgan fingerprint density at radius 1 is 1.30 bits per heavy atom. The normalized spacial score (nSPS) is 10.6. The maximum atomic E-state index is 11.8. The first-order valence-corrected chi connectivity index (χ1v) is 7.36. The molecule has 1 aromatic heterocycles. The number of nitrogens with zero attached hydrogens (tertiary/aromatic N) is 3. The zero-order valence-corrected chi connectivity index (χ0v) is 13.3. The van der Waals surface area contributed by atoms with E-state index in [1.54, 1.807) is 13.2 Å². The molecule has 0 radical (unpaired) electrons. The molecule has 0 unspecified atom stereocenters. The van der Waals surface area contributed by atoms with Gasteiger partial charge in [-0.2, -0.15) is 5.10 Å². The number of hydrogen-bond donors (Lipinski definition) is 0. The molecule has 0 spiro atoms. The zero-order chi connectivity index (χ0) is 14.5. The second-order valence-corrected chi connectivity index (χ2v) is 5.58. The van der Waals surface area contributed by atoms with E-state index in [0.29, 0.717) is 4.47 Å². The third-order valence-electron chi connectivity index (χ3n) is 3.27. The molecular weight excluding hydrogens is 318 g/mol. The van der Waals surface area contributed by atoms with Gasteiger partial charge in [0.1, 0.15) is 4.47 Å². The molecule has 20 heavy (non-hydrogen) atoms.